The minimum atomic E-state index is -0.122. The zero-order chi connectivity index (χ0) is 23.4. The molecule has 3 aromatic rings. The van der Waals surface area contributed by atoms with Gasteiger partial charge in [-0.3, -0.25) is 4.79 Å². The highest BCUT2D eigenvalue weighted by Gasteiger charge is 2.19. The lowest BCUT2D eigenvalue weighted by Crippen LogP contribution is -2.25. The molecule has 0 fully saturated rings. The SMILES string of the molecule is COc1ccc(-c2coc3c(C)c(OC)c(/C(C)=C/C(=O)NCC(C)C)cc23)cc1OC. The summed E-state index contributed by atoms with van der Waals surface area (Å²) in [5, 5.41) is 3.86. The van der Waals surface area contributed by atoms with Crippen LogP contribution in [0.4, 0.5) is 0 Å². The summed E-state index contributed by atoms with van der Waals surface area (Å²) < 4.78 is 22.5. The van der Waals surface area contributed by atoms with Crippen LogP contribution in [0.3, 0.4) is 0 Å². The summed E-state index contributed by atoms with van der Waals surface area (Å²) in [5.74, 6) is 2.26. The number of carbonyl (C=O) groups excluding carboxylic acids is 1. The molecule has 170 valence electrons. The summed E-state index contributed by atoms with van der Waals surface area (Å²) in [6, 6.07) is 7.77. The Morgan fingerprint density at radius 3 is 2.44 bits per heavy atom. The Morgan fingerprint density at radius 1 is 1.09 bits per heavy atom. The lowest BCUT2D eigenvalue weighted by atomic mass is 9.96. The predicted octanol–water partition coefficient (Wildman–Crippen LogP) is 5.61. The van der Waals surface area contributed by atoms with Crippen molar-refractivity contribution in [2.45, 2.75) is 27.7 Å². The standard InChI is InChI=1S/C26H31NO5/c1-15(2)13-27-24(28)10-16(3)19-12-20-21(14-32-26(20)17(4)25(19)31-7)18-8-9-22(29-5)23(11-18)30-6/h8-12,14-15H,13H2,1-7H3,(H,27,28)/b16-10+. The third kappa shape index (κ3) is 4.59. The number of furan rings is 1. The zero-order valence-corrected chi connectivity index (χ0v) is 19.8. The van der Waals surface area contributed by atoms with Gasteiger partial charge < -0.3 is 23.9 Å². The van der Waals surface area contributed by atoms with E-state index in [4.69, 9.17) is 18.6 Å². The Balaban J connectivity index is 2.12. The normalized spacial score (nSPS) is 11.7. The van der Waals surface area contributed by atoms with Crippen molar-refractivity contribution in [1.82, 2.24) is 5.32 Å². The maximum atomic E-state index is 12.4. The van der Waals surface area contributed by atoms with Gasteiger partial charge in [-0.05, 0) is 49.1 Å². The largest absolute Gasteiger partial charge is 0.496 e. The molecule has 0 spiro atoms. The van der Waals surface area contributed by atoms with Gasteiger partial charge in [0.1, 0.15) is 11.3 Å². The lowest BCUT2D eigenvalue weighted by molar-refractivity contribution is -0.116. The molecule has 6 heteroatoms. The van der Waals surface area contributed by atoms with Gasteiger partial charge >= 0.3 is 0 Å². The van der Waals surface area contributed by atoms with Crippen LogP contribution >= 0.6 is 0 Å². The monoisotopic (exact) mass is 437 g/mol. The average molecular weight is 438 g/mol. The molecular formula is C26H31NO5. The van der Waals surface area contributed by atoms with Gasteiger partial charge in [-0.2, -0.15) is 0 Å². The highest BCUT2D eigenvalue weighted by Crippen LogP contribution is 2.42. The Kier molecular flexibility index (Phi) is 7.13. The van der Waals surface area contributed by atoms with Gasteiger partial charge in [0.25, 0.3) is 0 Å². The number of carbonyl (C=O) groups is 1. The summed E-state index contributed by atoms with van der Waals surface area (Å²) in [5.41, 5.74) is 5.14. The van der Waals surface area contributed by atoms with Crippen LogP contribution in [0.2, 0.25) is 0 Å². The Morgan fingerprint density at radius 2 is 1.81 bits per heavy atom. The number of rotatable bonds is 8. The molecule has 0 radical (unpaired) electrons. The molecule has 0 saturated carbocycles. The van der Waals surface area contributed by atoms with E-state index in [1.54, 1.807) is 33.7 Å². The molecule has 1 N–H and O–H groups in total. The minimum absolute atomic E-state index is 0.122. The number of aryl methyl sites for hydroxylation is 1. The van der Waals surface area contributed by atoms with Crippen LogP contribution in [0.15, 0.2) is 41.0 Å². The molecule has 0 aliphatic rings. The van der Waals surface area contributed by atoms with Gasteiger partial charge in [0.2, 0.25) is 5.91 Å². The van der Waals surface area contributed by atoms with E-state index in [0.717, 1.165) is 38.8 Å². The molecular weight excluding hydrogens is 406 g/mol. The lowest BCUT2D eigenvalue weighted by Gasteiger charge is -2.14. The van der Waals surface area contributed by atoms with Crippen molar-refractivity contribution < 1.29 is 23.4 Å². The van der Waals surface area contributed by atoms with Gasteiger partial charge in [0, 0.05) is 34.7 Å². The fourth-order valence-corrected chi connectivity index (χ4v) is 3.73. The van der Waals surface area contributed by atoms with Crippen LogP contribution in [0.1, 0.15) is 31.9 Å². The second-order valence-electron chi connectivity index (χ2n) is 8.14. The van der Waals surface area contributed by atoms with Crippen molar-refractivity contribution in [2.24, 2.45) is 5.92 Å². The predicted molar refractivity (Wildman–Crippen MR) is 128 cm³/mol. The molecule has 0 atom stereocenters. The molecule has 0 bridgehead atoms. The first kappa shape index (κ1) is 23.3. The van der Waals surface area contributed by atoms with E-state index >= 15 is 0 Å². The Hall–Kier alpha value is -3.41. The van der Waals surface area contributed by atoms with E-state index < -0.39 is 0 Å². The molecule has 0 saturated heterocycles. The van der Waals surface area contributed by atoms with Crippen molar-refractivity contribution in [3.05, 3.63) is 47.7 Å². The van der Waals surface area contributed by atoms with E-state index in [-0.39, 0.29) is 5.91 Å². The Labute approximate surface area is 189 Å². The van der Waals surface area contributed by atoms with Gasteiger partial charge in [-0.15, -0.1) is 0 Å². The topological polar surface area (TPSA) is 69.9 Å². The van der Waals surface area contributed by atoms with Crippen LogP contribution in [0, 0.1) is 12.8 Å². The first-order chi connectivity index (χ1) is 15.3. The molecule has 6 nitrogen and oxygen atoms in total. The smallest absolute Gasteiger partial charge is 0.244 e. The molecule has 0 unspecified atom stereocenters. The molecule has 1 amide bonds. The first-order valence-corrected chi connectivity index (χ1v) is 10.6. The van der Waals surface area contributed by atoms with E-state index in [0.29, 0.717) is 29.7 Å². The van der Waals surface area contributed by atoms with Gasteiger partial charge in [0.15, 0.2) is 11.5 Å². The van der Waals surface area contributed by atoms with Gasteiger partial charge in [0.05, 0.1) is 27.6 Å². The van der Waals surface area contributed by atoms with E-state index in [2.05, 4.69) is 19.2 Å². The summed E-state index contributed by atoms with van der Waals surface area (Å²) in [4.78, 5) is 12.4. The summed E-state index contributed by atoms with van der Waals surface area (Å²) in [7, 11) is 4.85. The maximum Gasteiger partial charge on any atom is 0.244 e. The van der Waals surface area contributed by atoms with Crippen molar-refractivity contribution in [2.75, 3.05) is 27.9 Å². The molecule has 0 aliphatic carbocycles. The van der Waals surface area contributed by atoms with Gasteiger partial charge in [-0.1, -0.05) is 19.9 Å². The summed E-state index contributed by atoms with van der Waals surface area (Å²) >= 11 is 0. The van der Waals surface area contributed by atoms with E-state index in [1.807, 2.05) is 38.1 Å². The quantitative estimate of drug-likeness (QED) is 0.464. The number of amides is 1. The number of benzene rings is 2. The van der Waals surface area contributed by atoms with Crippen LogP contribution in [-0.4, -0.2) is 33.8 Å². The van der Waals surface area contributed by atoms with Crippen LogP contribution in [0.25, 0.3) is 27.7 Å². The number of allylic oxidation sites excluding steroid dienone is 1. The maximum absolute atomic E-state index is 12.4. The molecule has 0 aliphatic heterocycles. The third-order valence-electron chi connectivity index (χ3n) is 5.40. The van der Waals surface area contributed by atoms with E-state index in [9.17, 15) is 4.79 Å². The van der Waals surface area contributed by atoms with Crippen molar-refractivity contribution in [3.63, 3.8) is 0 Å². The fraction of sp³-hybridized carbons (Fsp3) is 0.346. The summed E-state index contributed by atoms with van der Waals surface area (Å²) in [6.07, 6.45) is 3.35. The molecule has 1 aromatic heterocycles. The fourth-order valence-electron chi connectivity index (χ4n) is 3.73. The third-order valence-corrected chi connectivity index (χ3v) is 5.40. The van der Waals surface area contributed by atoms with Crippen LogP contribution in [0.5, 0.6) is 17.2 Å². The Bertz CT molecular complexity index is 1160. The highest BCUT2D eigenvalue weighted by molar-refractivity contribution is 6.01. The van der Waals surface area contributed by atoms with Crippen LogP contribution < -0.4 is 19.5 Å². The van der Waals surface area contributed by atoms with Crippen molar-refractivity contribution >= 4 is 22.4 Å². The molecule has 1 heterocycles. The molecule has 3 rings (SSSR count). The molecule has 2 aromatic carbocycles. The van der Waals surface area contributed by atoms with E-state index in [1.165, 1.54) is 0 Å². The zero-order valence-electron chi connectivity index (χ0n) is 19.8. The van der Waals surface area contributed by atoms with Crippen LogP contribution in [-0.2, 0) is 4.79 Å². The number of ether oxygens (including phenoxy) is 3. The molecule has 32 heavy (non-hydrogen) atoms. The van der Waals surface area contributed by atoms with Crippen molar-refractivity contribution in [1.29, 1.82) is 0 Å². The number of fused-ring (bicyclic) bond motifs is 1. The first-order valence-electron chi connectivity index (χ1n) is 10.6. The number of methoxy groups -OCH3 is 3. The van der Waals surface area contributed by atoms with Gasteiger partial charge in [-0.25, -0.2) is 0 Å². The number of hydrogen-bond donors (Lipinski definition) is 1. The number of hydrogen-bond acceptors (Lipinski definition) is 5. The average Bonchev–Trinajstić information content (AvgIpc) is 3.21. The van der Waals surface area contributed by atoms with Crippen molar-refractivity contribution in [3.8, 4) is 28.4 Å². The highest BCUT2D eigenvalue weighted by atomic mass is 16.5. The second kappa shape index (κ2) is 9.81. The summed E-state index contributed by atoms with van der Waals surface area (Å²) in [6.45, 7) is 8.62. The number of nitrogens with one attached hydrogen (secondary N) is 1. The minimum Gasteiger partial charge on any atom is -0.496 e. The second-order valence-corrected chi connectivity index (χ2v) is 8.14.